The van der Waals surface area contributed by atoms with Crippen LogP contribution in [0.4, 0.5) is 0 Å². The molecular formula is C20H23NO2. The summed E-state index contributed by atoms with van der Waals surface area (Å²) in [6.45, 7) is 10.1. The van der Waals surface area contributed by atoms with E-state index in [1.165, 1.54) is 5.56 Å². The first-order chi connectivity index (χ1) is 11.1. The molecule has 23 heavy (non-hydrogen) atoms. The van der Waals surface area contributed by atoms with Gasteiger partial charge >= 0.3 is 5.97 Å². The van der Waals surface area contributed by atoms with Gasteiger partial charge in [0, 0.05) is 11.7 Å². The number of carboxylic acid groups (broad SMARTS) is 1. The van der Waals surface area contributed by atoms with Crippen molar-refractivity contribution in [1.82, 2.24) is 5.32 Å². The van der Waals surface area contributed by atoms with Gasteiger partial charge in [0.25, 0.3) is 0 Å². The zero-order chi connectivity index (χ0) is 17.2. The quantitative estimate of drug-likeness (QED) is 0.772. The lowest BCUT2D eigenvalue weighted by Crippen LogP contribution is -2.17. The van der Waals surface area contributed by atoms with E-state index in [2.05, 4.69) is 37.5 Å². The van der Waals surface area contributed by atoms with Crippen LogP contribution in [0, 0.1) is 0 Å². The molecule has 0 fully saturated rings. The molecule has 0 aromatic heterocycles. The Balaban J connectivity index is 0.00000127. The SMILES string of the molecule is C/C=C(\NC(C)c1ccccc1)c1ccc(C(=O)O)cc1.C=C. The van der Waals surface area contributed by atoms with Gasteiger partial charge in [-0.2, -0.15) is 0 Å². The molecule has 0 aliphatic carbocycles. The Labute approximate surface area is 138 Å². The highest BCUT2D eigenvalue weighted by atomic mass is 16.4. The molecule has 0 aliphatic heterocycles. The molecule has 0 saturated heterocycles. The number of carbonyl (C=O) groups is 1. The number of allylic oxidation sites excluding steroid dienone is 1. The average Bonchev–Trinajstić information content (AvgIpc) is 2.62. The van der Waals surface area contributed by atoms with Gasteiger partial charge in [-0.05, 0) is 37.1 Å². The molecule has 0 aliphatic rings. The molecule has 0 spiro atoms. The Morgan fingerprint density at radius 1 is 1.04 bits per heavy atom. The summed E-state index contributed by atoms with van der Waals surface area (Å²) in [5.74, 6) is -0.908. The molecule has 1 unspecified atom stereocenters. The topological polar surface area (TPSA) is 49.3 Å². The third-order valence-electron chi connectivity index (χ3n) is 3.40. The van der Waals surface area contributed by atoms with Crippen molar-refractivity contribution in [2.75, 3.05) is 0 Å². The van der Waals surface area contributed by atoms with Crippen LogP contribution in [-0.2, 0) is 0 Å². The minimum atomic E-state index is -0.908. The van der Waals surface area contributed by atoms with Crippen molar-refractivity contribution in [3.63, 3.8) is 0 Å². The maximum atomic E-state index is 10.9. The second-order valence-corrected chi connectivity index (χ2v) is 4.86. The number of benzene rings is 2. The monoisotopic (exact) mass is 309 g/mol. The highest BCUT2D eigenvalue weighted by molar-refractivity contribution is 5.88. The van der Waals surface area contributed by atoms with Gasteiger partial charge in [0.15, 0.2) is 0 Å². The minimum Gasteiger partial charge on any atom is -0.478 e. The lowest BCUT2D eigenvalue weighted by Gasteiger charge is -2.18. The summed E-state index contributed by atoms with van der Waals surface area (Å²) < 4.78 is 0. The minimum absolute atomic E-state index is 0.177. The van der Waals surface area contributed by atoms with Gasteiger partial charge in [-0.25, -0.2) is 4.79 Å². The van der Waals surface area contributed by atoms with E-state index >= 15 is 0 Å². The molecule has 2 N–H and O–H groups in total. The summed E-state index contributed by atoms with van der Waals surface area (Å²) in [5.41, 5.74) is 3.47. The smallest absolute Gasteiger partial charge is 0.335 e. The lowest BCUT2D eigenvalue weighted by atomic mass is 10.1. The Bertz CT molecular complexity index is 645. The Kier molecular flexibility index (Phi) is 7.34. The molecule has 2 aromatic rings. The molecule has 2 aromatic carbocycles. The summed E-state index contributed by atoms with van der Waals surface area (Å²) in [6.07, 6.45) is 2.00. The third-order valence-corrected chi connectivity index (χ3v) is 3.40. The van der Waals surface area contributed by atoms with Gasteiger partial charge in [-0.15, -0.1) is 13.2 Å². The number of nitrogens with one attached hydrogen (secondary N) is 1. The molecule has 0 saturated carbocycles. The zero-order valence-electron chi connectivity index (χ0n) is 13.6. The van der Waals surface area contributed by atoms with Crippen molar-refractivity contribution < 1.29 is 9.90 Å². The van der Waals surface area contributed by atoms with Gasteiger partial charge in [0.2, 0.25) is 0 Å². The zero-order valence-corrected chi connectivity index (χ0v) is 13.6. The predicted octanol–water partition coefficient (Wildman–Crippen LogP) is 4.90. The number of hydrogen-bond donors (Lipinski definition) is 2. The van der Waals surface area contributed by atoms with Crippen LogP contribution in [0.3, 0.4) is 0 Å². The van der Waals surface area contributed by atoms with Crippen molar-refractivity contribution in [2.24, 2.45) is 0 Å². The fourth-order valence-corrected chi connectivity index (χ4v) is 2.18. The first-order valence-corrected chi connectivity index (χ1v) is 7.43. The molecule has 120 valence electrons. The molecule has 2 rings (SSSR count). The van der Waals surface area contributed by atoms with Crippen LogP contribution in [0.25, 0.3) is 5.70 Å². The summed E-state index contributed by atoms with van der Waals surface area (Å²) in [5, 5.41) is 12.4. The van der Waals surface area contributed by atoms with Crippen molar-refractivity contribution in [3.8, 4) is 0 Å². The Morgan fingerprint density at radius 3 is 2.04 bits per heavy atom. The number of rotatable bonds is 5. The standard InChI is InChI=1S/C18H19NO2.C2H4/c1-3-17(15-9-11-16(12-10-15)18(20)21)19-13(2)14-7-5-4-6-8-14;1-2/h3-13,19H,1-2H3,(H,20,21);1-2H2/b17-3-;. The maximum Gasteiger partial charge on any atom is 0.335 e. The van der Waals surface area contributed by atoms with Gasteiger partial charge in [0.05, 0.1) is 5.56 Å². The average molecular weight is 309 g/mol. The van der Waals surface area contributed by atoms with E-state index in [0.29, 0.717) is 5.56 Å². The molecule has 0 amide bonds. The molecular weight excluding hydrogens is 286 g/mol. The molecule has 0 radical (unpaired) electrons. The second-order valence-electron chi connectivity index (χ2n) is 4.86. The van der Waals surface area contributed by atoms with E-state index in [9.17, 15) is 4.79 Å². The third kappa shape index (κ3) is 5.15. The van der Waals surface area contributed by atoms with Crippen LogP contribution >= 0.6 is 0 Å². The van der Waals surface area contributed by atoms with Crippen molar-refractivity contribution in [3.05, 3.63) is 90.5 Å². The molecule has 0 heterocycles. The molecule has 3 nitrogen and oxygen atoms in total. The van der Waals surface area contributed by atoms with E-state index in [1.807, 2.05) is 43.3 Å². The summed E-state index contributed by atoms with van der Waals surface area (Å²) >= 11 is 0. The van der Waals surface area contributed by atoms with Crippen LogP contribution in [0.1, 0.15) is 41.4 Å². The van der Waals surface area contributed by atoms with Gasteiger partial charge < -0.3 is 10.4 Å². The van der Waals surface area contributed by atoms with Gasteiger partial charge in [0.1, 0.15) is 0 Å². The van der Waals surface area contributed by atoms with Gasteiger partial charge in [-0.3, -0.25) is 0 Å². The predicted molar refractivity (Wildman–Crippen MR) is 96.3 cm³/mol. The van der Waals surface area contributed by atoms with E-state index in [-0.39, 0.29) is 6.04 Å². The van der Waals surface area contributed by atoms with E-state index in [0.717, 1.165) is 11.3 Å². The summed E-state index contributed by atoms with van der Waals surface area (Å²) in [7, 11) is 0. The first-order valence-electron chi connectivity index (χ1n) is 7.43. The highest BCUT2D eigenvalue weighted by Crippen LogP contribution is 2.19. The van der Waals surface area contributed by atoms with Crippen LogP contribution in [0.2, 0.25) is 0 Å². The van der Waals surface area contributed by atoms with Crippen LogP contribution < -0.4 is 5.32 Å². The first kappa shape index (κ1) is 18.2. The van der Waals surface area contributed by atoms with Crippen LogP contribution in [0.5, 0.6) is 0 Å². The van der Waals surface area contributed by atoms with Crippen LogP contribution in [-0.4, -0.2) is 11.1 Å². The molecule has 0 bridgehead atoms. The molecule has 1 atom stereocenters. The Morgan fingerprint density at radius 2 is 1.57 bits per heavy atom. The van der Waals surface area contributed by atoms with E-state index in [4.69, 9.17) is 5.11 Å². The van der Waals surface area contributed by atoms with E-state index in [1.54, 1.807) is 12.1 Å². The van der Waals surface area contributed by atoms with Crippen molar-refractivity contribution >= 4 is 11.7 Å². The largest absolute Gasteiger partial charge is 0.478 e. The number of hydrogen-bond acceptors (Lipinski definition) is 2. The Hall–Kier alpha value is -2.81. The summed E-state index contributed by atoms with van der Waals surface area (Å²) in [4.78, 5) is 10.9. The number of carboxylic acids is 1. The number of aromatic carboxylic acids is 1. The fraction of sp³-hybridized carbons (Fsp3) is 0.150. The maximum absolute atomic E-state index is 10.9. The van der Waals surface area contributed by atoms with Crippen molar-refractivity contribution in [1.29, 1.82) is 0 Å². The van der Waals surface area contributed by atoms with E-state index < -0.39 is 5.97 Å². The highest BCUT2D eigenvalue weighted by Gasteiger charge is 2.09. The second kappa shape index (κ2) is 9.26. The lowest BCUT2D eigenvalue weighted by molar-refractivity contribution is 0.0697. The normalized spacial score (nSPS) is 11.8. The van der Waals surface area contributed by atoms with Crippen molar-refractivity contribution in [2.45, 2.75) is 19.9 Å². The fourth-order valence-electron chi connectivity index (χ4n) is 2.18. The summed E-state index contributed by atoms with van der Waals surface area (Å²) in [6, 6.07) is 17.3. The van der Waals surface area contributed by atoms with Crippen LogP contribution in [0.15, 0.2) is 73.8 Å². The van der Waals surface area contributed by atoms with Gasteiger partial charge in [-0.1, -0.05) is 48.5 Å². The molecule has 3 heteroatoms.